The second kappa shape index (κ2) is 7.27. The first-order chi connectivity index (χ1) is 16.2. The Morgan fingerprint density at radius 1 is 0.909 bits per heavy atom. The number of hydrogen-bond donors (Lipinski definition) is 2. The monoisotopic (exact) mass is 438 g/mol. The number of anilines is 2. The van der Waals surface area contributed by atoms with Crippen LogP contribution in [0.15, 0.2) is 66.7 Å². The van der Waals surface area contributed by atoms with Gasteiger partial charge in [-0.25, -0.2) is 0 Å². The lowest BCUT2D eigenvalue weighted by molar-refractivity contribution is 0.102. The first kappa shape index (κ1) is 19.0. The molecule has 4 aliphatic rings. The van der Waals surface area contributed by atoms with Crippen LogP contribution in [0.3, 0.4) is 0 Å². The van der Waals surface area contributed by atoms with Gasteiger partial charge in [0, 0.05) is 23.0 Å². The normalized spacial score (nSPS) is 28.1. The van der Waals surface area contributed by atoms with E-state index in [0.717, 1.165) is 11.8 Å². The molecule has 0 aromatic heterocycles. The molecule has 3 aromatic rings. The molecule has 33 heavy (non-hydrogen) atoms. The van der Waals surface area contributed by atoms with Crippen molar-refractivity contribution in [3.8, 4) is 11.5 Å². The van der Waals surface area contributed by atoms with E-state index < -0.39 is 0 Å². The molecule has 2 aliphatic heterocycles. The molecule has 5 atom stereocenters. The molecule has 5 heteroatoms. The van der Waals surface area contributed by atoms with Crippen molar-refractivity contribution in [3.05, 3.63) is 83.4 Å². The van der Waals surface area contributed by atoms with Crippen LogP contribution < -0.4 is 20.1 Å². The summed E-state index contributed by atoms with van der Waals surface area (Å²) >= 11 is 0. The molecule has 0 unspecified atom stereocenters. The van der Waals surface area contributed by atoms with Gasteiger partial charge < -0.3 is 20.1 Å². The number of carbonyl (C=O) groups is 1. The van der Waals surface area contributed by atoms with Crippen LogP contribution in [0, 0.1) is 17.8 Å². The maximum Gasteiger partial charge on any atom is 0.255 e. The van der Waals surface area contributed by atoms with Crippen LogP contribution >= 0.6 is 0 Å². The SMILES string of the molecule is O=C(Nc1ccc2c(c1)OCO2)c1ccc2c(c1)[C@H]1[C@H]3CC[C@H](C3)[C@@H]1[C@@H](c1ccccc1)N2. The van der Waals surface area contributed by atoms with Crippen molar-refractivity contribution >= 4 is 17.3 Å². The van der Waals surface area contributed by atoms with Crippen LogP contribution in [0.5, 0.6) is 11.5 Å². The zero-order chi connectivity index (χ0) is 21.9. The highest BCUT2D eigenvalue weighted by Gasteiger charge is 2.53. The number of benzene rings is 3. The minimum Gasteiger partial charge on any atom is -0.454 e. The zero-order valence-electron chi connectivity index (χ0n) is 18.3. The quantitative estimate of drug-likeness (QED) is 0.529. The Morgan fingerprint density at radius 3 is 2.67 bits per heavy atom. The van der Waals surface area contributed by atoms with Crippen molar-refractivity contribution in [2.75, 3.05) is 17.4 Å². The molecule has 2 heterocycles. The third-order valence-electron chi connectivity index (χ3n) is 8.14. The molecular weight excluding hydrogens is 412 g/mol. The summed E-state index contributed by atoms with van der Waals surface area (Å²) in [4.78, 5) is 13.1. The summed E-state index contributed by atoms with van der Waals surface area (Å²) in [5, 5.41) is 6.88. The van der Waals surface area contributed by atoms with Crippen molar-refractivity contribution in [1.29, 1.82) is 0 Å². The van der Waals surface area contributed by atoms with Crippen molar-refractivity contribution in [3.63, 3.8) is 0 Å². The molecule has 0 spiro atoms. The topological polar surface area (TPSA) is 59.6 Å². The Bertz CT molecular complexity index is 1240. The summed E-state index contributed by atoms with van der Waals surface area (Å²) in [6.07, 6.45) is 3.95. The van der Waals surface area contributed by atoms with E-state index in [0.29, 0.717) is 40.6 Å². The highest BCUT2D eigenvalue weighted by atomic mass is 16.7. The molecule has 7 rings (SSSR count). The van der Waals surface area contributed by atoms with Crippen molar-refractivity contribution in [1.82, 2.24) is 0 Å². The average Bonchev–Trinajstić information content (AvgIpc) is 3.60. The zero-order valence-corrected chi connectivity index (χ0v) is 18.3. The molecule has 0 radical (unpaired) electrons. The van der Waals surface area contributed by atoms with Gasteiger partial charge in [0.25, 0.3) is 5.91 Å². The van der Waals surface area contributed by atoms with Gasteiger partial charge >= 0.3 is 0 Å². The molecule has 0 saturated heterocycles. The Morgan fingerprint density at radius 2 is 1.76 bits per heavy atom. The van der Waals surface area contributed by atoms with Gasteiger partial charge in [0.2, 0.25) is 6.79 Å². The Labute approximate surface area is 193 Å². The lowest BCUT2D eigenvalue weighted by Gasteiger charge is -2.43. The van der Waals surface area contributed by atoms with Gasteiger partial charge in [-0.1, -0.05) is 30.3 Å². The molecule has 2 fully saturated rings. The van der Waals surface area contributed by atoms with Gasteiger partial charge in [-0.05, 0) is 84.4 Å². The van der Waals surface area contributed by atoms with Gasteiger partial charge in [-0.15, -0.1) is 0 Å². The molecule has 2 bridgehead atoms. The lowest BCUT2D eigenvalue weighted by Crippen LogP contribution is -2.35. The van der Waals surface area contributed by atoms with Gasteiger partial charge in [0.1, 0.15) is 0 Å². The highest BCUT2D eigenvalue weighted by molar-refractivity contribution is 6.05. The van der Waals surface area contributed by atoms with Crippen LogP contribution in [0.1, 0.15) is 52.7 Å². The summed E-state index contributed by atoms with van der Waals surface area (Å²) in [6, 6.07) is 22.9. The third-order valence-corrected chi connectivity index (χ3v) is 8.14. The summed E-state index contributed by atoms with van der Waals surface area (Å²) in [5.41, 5.74) is 5.28. The lowest BCUT2D eigenvalue weighted by atomic mass is 9.68. The molecule has 1 amide bonds. The number of ether oxygens (including phenoxy) is 2. The first-order valence-corrected chi connectivity index (χ1v) is 11.9. The Balaban J connectivity index is 1.21. The van der Waals surface area contributed by atoms with Crippen LogP contribution in [0.25, 0.3) is 0 Å². The number of fused-ring (bicyclic) bond motifs is 8. The number of amides is 1. The van der Waals surface area contributed by atoms with Gasteiger partial charge in [-0.2, -0.15) is 0 Å². The van der Waals surface area contributed by atoms with E-state index in [2.05, 4.69) is 53.1 Å². The Kier molecular flexibility index (Phi) is 4.20. The molecule has 2 aliphatic carbocycles. The maximum atomic E-state index is 13.1. The molecule has 166 valence electrons. The van der Waals surface area contributed by atoms with E-state index in [1.54, 1.807) is 0 Å². The number of carbonyl (C=O) groups excluding carboxylic acids is 1. The number of hydrogen-bond acceptors (Lipinski definition) is 4. The standard InChI is InChI=1S/C28H26N2O3/c31-28(29-20-9-11-23-24(14-20)33-15-32-23)19-8-10-22-21(13-19)25-17-6-7-18(12-17)26(25)27(30-22)16-4-2-1-3-5-16/h1-5,8-11,13-14,17-18,25-27,30H,6-7,12,15H2,(H,29,31)/t17-,18+,25+,26-,27+/m0/s1. The van der Waals surface area contributed by atoms with E-state index in [1.165, 1.54) is 36.1 Å². The average molecular weight is 439 g/mol. The van der Waals surface area contributed by atoms with Crippen molar-refractivity contribution < 1.29 is 14.3 Å². The van der Waals surface area contributed by atoms with Crippen LogP contribution in [-0.2, 0) is 0 Å². The molecular formula is C28H26N2O3. The van der Waals surface area contributed by atoms with Gasteiger partial charge in [0.05, 0.1) is 6.04 Å². The van der Waals surface area contributed by atoms with Crippen LogP contribution in [-0.4, -0.2) is 12.7 Å². The summed E-state index contributed by atoms with van der Waals surface area (Å²) in [7, 11) is 0. The predicted octanol–water partition coefficient (Wildman–Crippen LogP) is 5.96. The second-order valence-corrected chi connectivity index (χ2v) is 9.79. The van der Waals surface area contributed by atoms with E-state index in [1.807, 2.05) is 24.3 Å². The van der Waals surface area contributed by atoms with Gasteiger partial charge in [0.15, 0.2) is 11.5 Å². The molecule has 2 saturated carbocycles. The van der Waals surface area contributed by atoms with E-state index in [9.17, 15) is 4.79 Å². The second-order valence-electron chi connectivity index (χ2n) is 9.79. The largest absolute Gasteiger partial charge is 0.454 e. The van der Waals surface area contributed by atoms with Crippen LogP contribution in [0.2, 0.25) is 0 Å². The summed E-state index contributed by atoms with van der Waals surface area (Å²) in [6.45, 7) is 0.221. The van der Waals surface area contributed by atoms with E-state index in [-0.39, 0.29) is 12.7 Å². The number of rotatable bonds is 3. The highest BCUT2D eigenvalue weighted by Crippen LogP contribution is 2.63. The van der Waals surface area contributed by atoms with Gasteiger partial charge in [-0.3, -0.25) is 4.79 Å². The summed E-state index contributed by atoms with van der Waals surface area (Å²) < 4.78 is 10.8. The van der Waals surface area contributed by atoms with E-state index >= 15 is 0 Å². The molecule has 2 N–H and O–H groups in total. The fourth-order valence-electron chi connectivity index (χ4n) is 6.80. The smallest absolute Gasteiger partial charge is 0.255 e. The fraction of sp³-hybridized carbons (Fsp3) is 0.321. The minimum atomic E-state index is -0.0958. The summed E-state index contributed by atoms with van der Waals surface area (Å²) in [5.74, 6) is 3.87. The third kappa shape index (κ3) is 3.02. The number of nitrogens with one attached hydrogen (secondary N) is 2. The van der Waals surface area contributed by atoms with Crippen molar-refractivity contribution in [2.24, 2.45) is 17.8 Å². The minimum absolute atomic E-state index is 0.0958. The Hall–Kier alpha value is -3.47. The first-order valence-electron chi connectivity index (χ1n) is 11.9. The predicted molar refractivity (Wildman–Crippen MR) is 127 cm³/mol. The molecule has 3 aromatic carbocycles. The fourth-order valence-corrected chi connectivity index (χ4v) is 6.80. The van der Waals surface area contributed by atoms with Crippen molar-refractivity contribution in [2.45, 2.75) is 31.2 Å². The maximum absolute atomic E-state index is 13.1. The van der Waals surface area contributed by atoms with Crippen LogP contribution in [0.4, 0.5) is 11.4 Å². The molecule has 5 nitrogen and oxygen atoms in total. The van der Waals surface area contributed by atoms with E-state index in [4.69, 9.17) is 9.47 Å².